The third-order valence-corrected chi connectivity index (χ3v) is 3.89. The van der Waals surface area contributed by atoms with Crippen molar-refractivity contribution in [3.05, 3.63) is 28.8 Å². The van der Waals surface area contributed by atoms with Gasteiger partial charge in [-0.2, -0.15) is 0 Å². The molecule has 1 unspecified atom stereocenters. The summed E-state index contributed by atoms with van der Waals surface area (Å²) in [5.74, 6) is 0. The molecule has 2 rings (SSSR count). The average Bonchev–Trinajstić information content (AvgIpc) is 2.13. The maximum atomic E-state index is 6.35. The van der Waals surface area contributed by atoms with E-state index in [2.05, 4.69) is 18.0 Å². The topological polar surface area (TPSA) is 29.3 Å². The zero-order valence-corrected chi connectivity index (χ0v) is 11.4. The van der Waals surface area contributed by atoms with Crippen molar-refractivity contribution in [1.29, 1.82) is 0 Å². The van der Waals surface area contributed by atoms with E-state index in [0.29, 0.717) is 6.04 Å². The molecule has 1 aromatic rings. The molecule has 1 saturated carbocycles. The summed E-state index contributed by atoms with van der Waals surface area (Å²) < 4.78 is 0. The minimum Gasteiger partial charge on any atom is -0.370 e. The Balaban J connectivity index is 2.28. The predicted molar refractivity (Wildman–Crippen MR) is 74.8 cm³/mol. The second-order valence-corrected chi connectivity index (χ2v) is 5.53. The van der Waals surface area contributed by atoms with Gasteiger partial charge in [-0.3, -0.25) is 0 Å². The number of nitrogens with zero attached hydrogens (tertiary/aromatic N) is 1. The van der Waals surface area contributed by atoms with Crippen molar-refractivity contribution in [2.75, 3.05) is 11.9 Å². The van der Waals surface area contributed by atoms with Crippen molar-refractivity contribution in [3.8, 4) is 0 Å². The van der Waals surface area contributed by atoms with E-state index in [4.69, 9.17) is 17.3 Å². The van der Waals surface area contributed by atoms with Crippen molar-refractivity contribution in [2.24, 2.45) is 5.73 Å². The molecule has 2 N–H and O–H groups in total. The van der Waals surface area contributed by atoms with Crippen LogP contribution in [0.2, 0.25) is 5.02 Å². The van der Waals surface area contributed by atoms with E-state index in [-0.39, 0.29) is 6.04 Å². The van der Waals surface area contributed by atoms with Crippen molar-refractivity contribution in [2.45, 2.75) is 44.7 Å². The summed E-state index contributed by atoms with van der Waals surface area (Å²) in [4.78, 5) is 2.34. The molecule has 0 radical (unpaired) electrons. The molecule has 1 fully saturated rings. The molecule has 17 heavy (non-hydrogen) atoms. The van der Waals surface area contributed by atoms with E-state index in [1.165, 1.54) is 30.5 Å². The van der Waals surface area contributed by atoms with Gasteiger partial charge in [-0.15, -0.1) is 0 Å². The first-order valence-electron chi connectivity index (χ1n) is 6.35. The van der Waals surface area contributed by atoms with Gasteiger partial charge in [-0.1, -0.05) is 23.7 Å². The van der Waals surface area contributed by atoms with Crippen LogP contribution < -0.4 is 10.6 Å². The van der Waals surface area contributed by atoms with Crippen LogP contribution in [0.15, 0.2) is 18.2 Å². The normalized spacial score (nSPS) is 17.6. The highest BCUT2D eigenvalue weighted by Gasteiger charge is 2.25. The summed E-state index contributed by atoms with van der Waals surface area (Å²) >= 11 is 6.35. The third-order valence-electron chi connectivity index (χ3n) is 3.59. The lowest BCUT2D eigenvalue weighted by Gasteiger charge is -2.38. The molecule has 3 heteroatoms. The Morgan fingerprint density at radius 3 is 2.71 bits per heavy atom. The molecule has 1 aliphatic carbocycles. The Morgan fingerprint density at radius 1 is 1.47 bits per heavy atom. The first kappa shape index (κ1) is 12.7. The average molecular weight is 253 g/mol. The number of para-hydroxylation sites is 1. The molecule has 1 atom stereocenters. The Kier molecular flexibility index (Phi) is 3.95. The molecule has 0 amide bonds. The Labute approximate surface area is 109 Å². The summed E-state index contributed by atoms with van der Waals surface area (Å²) in [6.45, 7) is 2.04. The highest BCUT2D eigenvalue weighted by Crippen LogP contribution is 2.35. The fourth-order valence-electron chi connectivity index (χ4n) is 2.42. The molecule has 1 aliphatic rings. The number of anilines is 1. The summed E-state index contributed by atoms with van der Waals surface area (Å²) in [6.07, 6.45) is 4.77. The van der Waals surface area contributed by atoms with E-state index in [1.807, 2.05) is 19.1 Å². The van der Waals surface area contributed by atoms with Crippen molar-refractivity contribution >= 4 is 17.3 Å². The largest absolute Gasteiger partial charge is 0.370 e. The monoisotopic (exact) mass is 252 g/mol. The summed E-state index contributed by atoms with van der Waals surface area (Å²) in [7, 11) is 2.15. The number of hydrogen-bond donors (Lipinski definition) is 1. The third kappa shape index (κ3) is 2.75. The van der Waals surface area contributed by atoms with Gasteiger partial charge in [0.1, 0.15) is 0 Å². The lowest BCUT2D eigenvalue weighted by atomic mass is 9.90. The zero-order valence-electron chi connectivity index (χ0n) is 10.6. The number of rotatable bonds is 4. The number of nitrogens with two attached hydrogens (primary N) is 1. The fraction of sp³-hybridized carbons (Fsp3) is 0.571. The molecular formula is C14H21ClN2. The quantitative estimate of drug-likeness (QED) is 0.892. The highest BCUT2D eigenvalue weighted by atomic mass is 35.5. The molecule has 2 nitrogen and oxygen atoms in total. The maximum absolute atomic E-state index is 6.35. The summed E-state index contributed by atoms with van der Waals surface area (Å²) in [5, 5.41) is 0.845. The smallest absolute Gasteiger partial charge is 0.0642 e. The van der Waals surface area contributed by atoms with Gasteiger partial charge < -0.3 is 10.6 Å². The molecule has 0 saturated heterocycles. The molecular weight excluding hydrogens is 232 g/mol. The zero-order chi connectivity index (χ0) is 12.4. The van der Waals surface area contributed by atoms with Crippen LogP contribution in [0.3, 0.4) is 0 Å². The van der Waals surface area contributed by atoms with Crippen molar-refractivity contribution < 1.29 is 0 Å². The van der Waals surface area contributed by atoms with Gasteiger partial charge in [0.05, 0.1) is 10.7 Å². The minimum absolute atomic E-state index is 0.169. The first-order chi connectivity index (χ1) is 8.09. The van der Waals surface area contributed by atoms with E-state index >= 15 is 0 Å². The number of hydrogen-bond acceptors (Lipinski definition) is 2. The fourth-order valence-corrected chi connectivity index (χ4v) is 2.75. The van der Waals surface area contributed by atoms with Crippen LogP contribution in [-0.4, -0.2) is 19.1 Å². The second-order valence-electron chi connectivity index (χ2n) is 5.12. The lowest BCUT2D eigenvalue weighted by molar-refractivity contribution is 0.400. The molecule has 0 heterocycles. The molecule has 94 valence electrons. The van der Waals surface area contributed by atoms with Crippen LogP contribution in [0, 0.1) is 0 Å². The Morgan fingerprint density at radius 2 is 2.18 bits per heavy atom. The lowest BCUT2D eigenvalue weighted by Crippen LogP contribution is -2.38. The van der Waals surface area contributed by atoms with Crippen LogP contribution in [0.4, 0.5) is 5.69 Å². The van der Waals surface area contributed by atoms with Gasteiger partial charge >= 0.3 is 0 Å². The van der Waals surface area contributed by atoms with Gasteiger partial charge in [-0.05, 0) is 44.2 Å². The predicted octanol–water partition coefficient (Wildman–Crippen LogP) is 3.22. The van der Waals surface area contributed by atoms with Crippen LogP contribution in [-0.2, 0) is 6.42 Å². The van der Waals surface area contributed by atoms with Crippen molar-refractivity contribution in [1.82, 2.24) is 0 Å². The molecule has 0 bridgehead atoms. The van der Waals surface area contributed by atoms with Crippen LogP contribution in [0.25, 0.3) is 0 Å². The van der Waals surface area contributed by atoms with E-state index in [1.54, 1.807) is 0 Å². The Bertz CT molecular complexity index is 386. The van der Waals surface area contributed by atoms with Crippen LogP contribution >= 0.6 is 11.6 Å². The highest BCUT2D eigenvalue weighted by molar-refractivity contribution is 6.33. The first-order valence-corrected chi connectivity index (χ1v) is 6.73. The molecule has 0 aliphatic heterocycles. The van der Waals surface area contributed by atoms with Crippen molar-refractivity contribution in [3.63, 3.8) is 0 Å². The Hall–Kier alpha value is -0.730. The van der Waals surface area contributed by atoms with Gasteiger partial charge in [0, 0.05) is 19.1 Å². The number of halogens is 1. The van der Waals surface area contributed by atoms with Crippen LogP contribution in [0.5, 0.6) is 0 Å². The molecule has 1 aromatic carbocycles. The SMILES string of the molecule is CC(N)Cc1cccc(Cl)c1N(C)C1CCC1. The van der Waals surface area contributed by atoms with Gasteiger partial charge in [0.25, 0.3) is 0 Å². The second kappa shape index (κ2) is 5.28. The minimum atomic E-state index is 0.169. The molecule has 0 spiro atoms. The summed E-state index contributed by atoms with van der Waals surface area (Å²) in [5.41, 5.74) is 8.35. The van der Waals surface area contributed by atoms with Gasteiger partial charge in [0.15, 0.2) is 0 Å². The molecule has 0 aromatic heterocycles. The van der Waals surface area contributed by atoms with Crippen LogP contribution in [0.1, 0.15) is 31.7 Å². The van der Waals surface area contributed by atoms with E-state index in [0.717, 1.165) is 11.4 Å². The van der Waals surface area contributed by atoms with E-state index in [9.17, 15) is 0 Å². The van der Waals surface area contributed by atoms with Gasteiger partial charge in [-0.25, -0.2) is 0 Å². The number of benzene rings is 1. The van der Waals surface area contributed by atoms with Gasteiger partial charge in [0.2, 0.25) is 0 Å². The maximum Gasteiger partial charge on any atom is 0.0642 e. The van der Waals surface area contributed by atoms with E-state index < -0.39 is 0 Å². The standard InChI is InChI=1S/C14H21ClN2/c1-10(16)9-11-5-3-8-13(15)14(11)17(2)12-6-4-7-12/h3,5,8,10,12H,4,6-7,9,16H2,1-2H3. The summed E-state index contributed by atoms with van der Waals surface area (Å²) in [6, 6.07) is 6.94.